The summed E-state index contributed by atoms with van der Waals surface area (Å²) in [5.41, 5.74) is 2.00. The number of H-pyrrole nitrogens is 1. The first-order chi connectivity index (χ1) is 12.5. The van der Waals surface area contributed by atoms with E-state index >= 15 is 0 Å². The molecule has 0 aliphatic rings. The fourth-order valence-corrected chi connectivity index (χ4v) is 3.60. The number of carbonyl (C=O) groups is 1. The van der Waals surface area contributed by atoms with Crippen molar-refractivity contribution in [1.29, 1.82) is 0 Å². The number of nitrogens with zero attached hydrogens (tertiary/aromatic N) is 1. The average molecular weight is 444 g/mol. The summed E-state index contributed by atoms with van der Waals surface area (Å²) in [6, 6.07) is 3.52. The van der Waals surface area contributed by atoms with Crippen LogP contribution in [0.15, 0.2) is 22.8 Å². The van der Waals surface area contributed by atoms with Gasteiger partial charge in [0.15, 0.2) is 12.8 Å². The highest BCUT2D eigenvalue weighted by molar-refractivity contribution is 9.10. The number of nitrogens with one attached hydrogen (secondary N) is 2. The quantitative estimate of drug-likeness (QED) is 0.283. The minimum absolute atomic E-state index is 0.277. The Morgan fingerprint density at radius 2 is 2.27 bits per heavy atom. The van der Waals surface area contributed by atoms with Crippen molar-refractivity contribution in [3.63, 3.8) is 0 Å². The van der Waals surface area contributed by atoms with Gasteiger partial charge in [0.1, 0.15) is 11.8 Å². The molecule has 0 aliphatic carbocycles. The summed E-state index contributed by atoms with van der Waals surface area (Å²) in [5.74, 6) is 1.33. The van der Waals surface area contributed by atoms with Crippen LogP contribution in [0.1, 0.15) is 5.56 Å². The van der Waals surface area contributed by atoms with Gasteiger partial charge in [0.25, 0.3) is 0 Å². The van der Waals surface area contributed by atoms with Crippen LogP contribution in [0.25, 0.3) is 10.9 Å². The average Bonchev–Trinajstić information content (AvgIpc) is 3.00. The van der Waals surface area contributed by atoms with Gasteiger partial charge in [0.05, 0.1) is 18.7 Å². The molecule has 1 amide bonds. The molecule has 1 atom stereocenters. The molecule has 2 rings (SSSR count). The molecule has 0 bridgehead atoms. The molecule has 9 heteroatoms. The molecule has 0 spiro atoms. The Labute approximate surface area is 164 Å². The first-order valence-corrected chi connectivity index (χ1v) is 10.1. The second kappa shape index (κ2) is 9.72. The van der Waals surface area contributed by atoms with E-state index in [1.807, 2.05) is 24.6 Å². The summed E-state index contributed by atoms with van der Waals surface area (Å²) >= 11 is 5.00. The molecular formula is C17H22BrN3O4S. The second-order valence-corrected chi connectivity index (χ2v) is 7.35. The zero-order valence-electron chi connectivity index (χ0n) is 14.9. The molecule has 0 aliphatic heterocycles. The van der Waals surface area contributed by atoms with E-state index in [9.17, 15) is 10.0 Å². The maximum atomic E-state index is 12.2. The largest absolute Gasteiger partial charge is 0.624 e. The van der Waals surface area contributed by atoms with Crippen molar-refractivity contribution in [1.82, 2.24) is 10.3 Å². The third-order valence-corrected chi connectivity index (χ3v) is 5.13. The summed E-state index contributed by atoms with van der Waals surface area (Å²) in [6.45, 7) is 0.277. The number of ether oxygens (including phenoxy) is 2. The molecule has 0 fully saturated rings. The molecule has 26 heavy (non-hydrogen) atoms. The molecule has 2 aromatic rings. The Balaban J connectivity index is 2.09. The number of carbonyl (C=O) groups excluding carboxylic acids is 1. The van der Waals surface area contributed by atoms with E-state index in [0.29, 0.717) is 12.2 Å². The third-order valence-electron chi connectivity index (χ3n) is 3.82. The highest BCUT2D eigenvalue weighted by Gasteiger charge is 2.14. The Morgan fingerprint density at radius 1 is 1.50 bits per heavy atom. The van der Waals surface area contributed by atoms with Crippen LogP contribution in [0.4, 0.5) is 4.79 Å². The molecule has 7 nitrogen and oxygen atoms in total. The number of aromatic amines is 1. The fourth-order valence-electron chi connectivity index (χ4n) is 2.56. The van der Waals surface area contributed by atoms with Gasteiger partial charge in [0.2, 0.25) is 0 Å². The highest BCUT2D eigenvalue weighted by Crippen LogP contribution is 2.31. The lowest BCUT2D eigenvalue weighted by atomic mass is 10.1. The number of halogens is 1. The van der Waals surface area contributed by atoms with Crippen LogP contribution >= 0.6 is 27.7 Å². The van der Waals surface area contributed by atoms with Crippen LogP contribution in [0, 0.1) is 5.21 Å². The van der Waals surface area contributed by atoms with Gasteiger partial charge >= 0.3 is 6.09 Å². The molecule has 0 unspecified atom stereocenters. The van der Waals surface area contributed by atoms with E-state index in [2.05, 4.69) is 31.0 Å². The topological polar surface area (TPSA) is 89.4 Å². The van der Waals surface area contributed by atoms with Crippen molar-refractivity contribution >= 4 is 50.9 Å². The van der Waals surface area contributed by atoms with Gasteiger partial charge < -0.3 is 25.0 Å². The number of aromatic nitrogens is 1. The van der Waals surface area contributed by atoms with E-state index in [1.54, 1.807) is 7.11 Å². The van der Waals surface area contributed by atoms with Crippen molar-refractivity contribution in [3.05, 3.63) is 33.6 Å². The van der Waals surface area contributed by atoms with Gasteiger partial charge in [-0.3, -0.25) is 0 Å². The van der Waals surface area contributed by atoms with Crippen LogP contribution < -0.4 is 10.1 Å². The second-order valence-electron chi connectivity index (χ2n) is 5.58. The van der Waals surface area contributed by atoms with Gasteiger partial charge in [-0.15, -0.1) is 0 Å². The van der Waals surface area contributed by atoms with E-state index in [4.69, 9.17) is 4.74 Å². The minimum atomic E-state index is -0.553. The maximum Gasteiger partial charge on any atom is 0.407 e. The Morgan fingerprint density at radius 3 is 2.92 bits per heavy atom. The SMILES string of the molecule is COC(=O)N[C@@H](/C=[N+](\[O-])CCc1c[nH]c2cc(Br)c(OC)cc12)CSC. The molecule has 0 radical (unpaired) electrons. The van der Waals surface area contributed by atoms with Crippen molar-refractivity contribution in [2.45, 2.75) is 12.5 Å². The third kappa shape index (κ3) is 5.31. The number of hydrogen-bond donors (Lipinski definition) is 2. The highest BCUT2D eigenvalue weighted by atomic mass is 79.9. The number of fused-ring (bicyclic) bond motifs is 1. The monoisotopic (exact) mass is 443 g/mol. The Hall–Kier alpha value is -1.87. The molecule has 142 valence electrons. The summed E-state index contributed by atoms with van der Waals surface area (Å²) in [5, 5.41) is 15.9. The maximum absolute atomic E-state index is 12.2. The van der Waals surface area contributed by atoms with Gasteiger partial charge in [0, 0.05) is 29.3 Å². The first kappa shape index (κ1) is 20.4. The van der Waals surface area contributed by atoms with Crippen molar-refractivity contribution in [2.24, 2.45) is 0 Å². The molecule has 0 saturated heterocycles. The normalized spacial score (nSPS) is 12.8. The van der Waals surface area contributed by atoms with Gasteiger partial charge in [-0.05, 0) is 39.9 Å². The summed E-state index contributed by atoms with van der Waals surface area (Å²) in [4.78, 5) is 14.6. The first-order valence-electron chi connectivity index (χ1n) is 7.94. The van der Waals surface area contributed by atoms with Gasteiger partial charge in [-0.1, -0.05) is 0 Å². The Bertz CT molecular complexity index is 794. The van der Waals surface area contributed by atoms with Crippen LogP contribution in [-0.4, -0.2) is 60.8 Å². The standard InChI is InChI=1S/C17H22BrN3O4S/c1-24-16-6-13-11(8-19-15(13)7-14(16)18)4-5-21(23)9-12(10-26-3)20-17(22)25-2/h6-9,12,19H,4-5,10H2,1-3H3,(H,20,22)/b21-9-/t12-/m0/s1. The van der Waals surface area contributed by atoms with E-state index in [0.717, 1.165) is 31.4 Å². The number of thioether (sulfide) groups is 1. The zero-order chi connectivity index (χ0) is 19.1. The van der Waals surface area contributed by atoms with Crippen molar-refractivity contribution in [2.75, 3.05) is 32.8 Å². The number of amides is 1. The van der Waals surface area contributed by atoms with E-state index in [-0.39, 0.29) is 12.6 Å². The number of alkyl carbamates (subject to hydrolysis) is 1. The number of hydrogen-bond acceptors (Lipinski definition) is 5. The Kier molecular flexibility index (Phi) is 7.65. The fraction of sp³-hybridized carbons (Fsp3) is 0.412. The lowest BCUT2D eigenvalue weighted by molar-refractivity contribution is -0.453. The predicted octanol–water partition coefficient (Wildman–Crippen LogP) is 3.15. The van der Waals surface area contributed by atoms with Crippen molar-refractivity contribution in [3.8, 4) is 5.75 Å². The summed E-state index contributed by atoms with van der Waals surface area (Å²) in [7, 11) is 2.91. The van der Waals surface area contributed by atoms with Crippen LogP contribution in [0.2, 0.25) is 0 Å². The number of methoxy groups -OCH3 is 2. The van der Waals surface area contributed by atoms with Gasteiger partial charge in [-0.2, -0.15) is 11.8 Å². The van der Waals surface area contributed by atoms with Crippen LogP contribution in [0.5, 0.6) is 5.75 Å². The zero-order valence-corrected chi connectivity index (χ0v) is 17.3. The lowest BCUT2D eigenvalue weighted by Crippen LogP contribution is -2.39. The minimum Gasteiger partial charge on any atom is -0.624 e. The molecule has 1 aromatic carbocycles. The molecular weight excluding hydrogens is 422 g/mol. The predicted molar refractivity (Wildman–Crippen MR) is 109 cm³/mol. The summed E-state index contributed by atoms with van der Waals surface area (Å²) in [6.07, 6.45) is 5.29. The van der Waals surface area contributed by atoms with Crippen molar-refractivity contribution < 1.29 is 19.0 Å². The number of hydroxylamine groups is 1. The summed E-state index contributed by atoms with van der Waals surface area (Å²) < 4.78 is 11.6. The van der Waals surface area contributed by atoms with Crippen LogP contribution in [0.3, 0.4) is 0 Å². The molecule has 1 heterocycles. The number of rotatable bonds is 8. The number of benzene rings is 1. The molecule has 0 saturated carbocycles. The van der Waals surface area contributed by atoms with E-state index in [1.165, 1.54) is 25.1 Å². The lowest BCUT2D eigenvalue weighted by Gasteiger charge is -2.12. The smallest absolute Gasteiger partial charge is 0.407 e. The van der Waals surface area contributed by atoms with Crippen LogP contribution in [-0.2, 0) is 11.2 Å². The molecule has 1 aromatic heterocycles. The van der Waals surface area contributed by atoms with E-state index < -0.39 is 6.09 Å². The van der Waals surface area contributed by atoms with Gasteiger partial charge in [-0.25, -0.2) is 9.53 Å². The molecule has 2 N–H and O–H groups in total.